The molecule has 1 saturated heterocycles. The van der Waals surface area contributed by atoms with Gasteiger partial charge in [-0.05, 0) is 25.0 Å². The summed E-state index contributed by atoms with van der Waals surface area (Å²) in [5, 5.41) is 0. The Morgan fingerprint density at radius 1 is 1.23 bits per heavy atom. The van der Waals surface area contributed by atoms with Crippen LogP contribution in [0.2, 0.25) is 0 Å². The summed E-state index contributed by atoms with van der Waals surface area (Å²) in [7, 11) is 0. The minimum Gasteiger partial charge on any atom is -0.440 e. The van der Waals surface area contributed by atoms with Gasteiger partial charge in [-0.15, -0.1) is 0 Å². The van der Waals surface area contributed by atoms with Crippen LogP contribution in [0.1, 0.15) is 24.7 Å². The number of fused-ring (bicyclic) bond motifs is 1. The molecule has 1 amide bonds. The zero-order valence-electron chi connectivity index (χ0n) is 12.1. The summed E-state index contributed by atoms with van der Waals surface area (Å²) in [5.41, 5.74) is 1.73. The largest absolute Gasteiger partial charge is 0.440 e. The summed E-state index contributed by atoms with van der Waals surface area (Å²) < 4.78 is 7.36. The minimum atomic E-state index is -0.0199. The molecule has 1 aliphatic rings. The van der Waals surface area contributed by atoms with E-state index in [9.17, 15) is 4.79 Å². The molecular formula is C16H16N4O2. The predicted molar refractivity (Wildman–Crippen MR) is 80.6 cm³/mol. The highest BCUT2D eigenvalue weighted by molar-refractivity contribution is 5.76. The summed E-state index contributed by atoms with van der Waals surface area (Å²) in [6.45, 7) is 1.42. The van der Waals surface area contributed by atoms with E-state index < -0.39 is 0 Å². The molecule has 2 aromatic heterocycles. The SMILES string of the molecule is O=C(N1CCC(c2nc3ccccc3o2)CC1)n1ccnc1. The molecule has 0 radical (unpaired) electrons. The molecule has 0 spiro atoms. The number of imidazole rings is 1. The Hall–Kier alpha value is -2.63. The van der Waals surface area contributed by atoms with Crippen molar-refractivity contribution in [3.8, 4) is 0 Å². The van der Waals surface area contributed by atoms with Gasteiger partial charge >= 0.3 is 6.03 Å². The van der Waals surface area contributed by atoms with Gasteiger partial charge in [0.1, 0.15) is 11.8 Å². The molecular weight excluding hydrogens is 280 g/mol. The van der Waals surface area contributed by atoms with Crippen LogP contribution in [0.15, 0.2) is 47.4 Å². The van der Waals surface area contributed by atoms with Gasteiger partial charge in [-0.25, -0.2) is 14.8 Å². The second-order valence-corrected chi connectivity index (χ2v) is 5.53. The van der Waals surface area contributed by atoms with Crippen LogP contribution in [0.3, 0.4) is 0 Å². The van der Waals surface area contributed by atoms with Crippen LogP contribution in [-0.2, 0) is 0 Å². The van der Waals surface area contributed by atoms with Crippen LogP contribution in [0.4, 0.5) is 4.79 Å². The highest BCUT2D eigenvalue weighted by Crippen LogP contribution is 2.30. The number of nitrogens with zero attached hydrogens (tertiary/aromatic N) is 4. The maximum atomic E-state index is 12.3. The number of rotatable bonds is 1. The summed E-state index contributed by atoms with van der Waals surface area (Å²) >= 11 is 0. The molecule has 3 aromatic rings. The number of benzene rings is 1. The number of carbonyl (C=O) groups excluding carboxylic acids is 1. The average Bonchev–Trinajstić information content (AvgIpc) is 3.23. The van der Waals surface area contributed by atoms with E-state index >= 15 is 0 Å². The number of likely N-dealkylation sites (tertiary alicyclic amines) is 1. The third-order valence-corrected chi connectivity index (χ3v) is 4.15. The zero-order valence-corrected chi connectivity index (χ0v) is 12.1. The molecule has 1 aromatic carbocycles. The molecule has 0 unspecified atom stereocenters. The Morgan fingerprint density at radius 3 is 2.77 bits per heavy atom. The van der Waals surface area contributed by atoms with Gasteiger partial charge in [-0.1, -0.05) is 12.1 Å². The smallest absolute Gasteiger partial charge is 0.329 e. The van der Waals surface area contributed by atoms with Crippen molar-refractivity contribution in [2.75, 3.05) is 13.1 Å². The topological polar surface area (TPSA) is 64.2 Å². The first-order chi connectivity index (χ1) is 10.8. The molecule has 6 nitrogen and oxygen atoms in total. The Bertz CT molecular complexity index is 752. The molecule has 0 aliphatic carbocycles. The van der Waals surface area contributed by atoms with Gasteiger partial charge in [0.2, 0.25) is 0 Å². The Labute approximate surface area is 127 Å². The fourth-order valence-electron chi connectivity index (χ4n) is 2.92. The van der Waals surface area contributed by atoms with E-state index in [0.717, 1.165) is 29.8 Å². The highest BCUT2D eigenvalue weighted by atomic mass is 16.3. The lowest BCUT2D eigenvalue weighted by atomic mass is 9.97. The van der Waals surface area contributed by atoms with Gasteiger partial charge in [0.15, 0.2) is 11.5 Å². The molecule has 6 heteroatoms. The first-order valence-corrected chi connectivity index (χ1v) is 7.44. The van der Waals surface area contributed by atoms with Crippen LogP contribution in [0.5, 0.6) is 0 Å². The second kappa shape index (κ2) is 5.29. The molecule has 1 fully saturated rings. The lowest BCUT2D eigenvalue weighted by Gasteiger charge is -2.30. The van der Waals surface area contributed by atoms with Crippen molar-refractivity contribution >= 4 is 17.1 Å². The van der Waals surface area contributed by atoms with E-state index in [2.05, 4.69) is 9.97 Å². The van der Waals surface area contributed by atoms with Crippen LogP contribution in [0.25, 0.3) is 11.1 Å². The van der Waals surface area contributed by atoms with Crippen LogP contribution in [0, 0.1) is 0 Å². The van der Waals surface area contributed by atoms with E-state index in [1.165, 1.54) is 10.9 Å². The lowest BCUT2D eigenvalue weighted by molar-refractivity contribution is 0.179. The third kappa shape index (κ3) is 2.26. The number of para-hydroxylation sites is 2. The number of hydrogen-bond donors (Lipinski definition) is 0. The molecule has 0 bridgehead atoms. The highest BCUT2D eigenvalue weighted by Gasteiger charge is 2.27. The number of oxazole rings is 1. The molecule has 0 saturated carbocycles. The van der Waals surface area contributed by atoms with Crippen molar-refractivity contribution in [1.29, 1.82) is 0 Å². The van der Waals surface area contributed by atoms with Gasteiger partial charge in [-0.3, -0.25) is 4.57 Å². The average molecular weight is 296 g/mol. The van der Waals surface area contributed by atoms with Gasteiger partial charge in [0, 0.05) is 31.4 Å². The third-order valence-electron chi connectivity index (χ3n) is 4.15. The van der Waals surface area contributed by atoms with Gasteiger partial charge in [0.25, 0.3) is 0 Å². The van der Waals surface area contributed by atoms with Gasteiger partial charge in [-0.2, -0.15) is 0 Å². The molecule has 4 rings (SSSR count). The Morgan fingerprint density at radius 2 is 2.05 bits per heavy atom. The first kappa shape index (κ1) is 13.1. The van der Waals surface area contributed by atoms with E-state index in [-0.39, 0.29) is 11.9 Å². The van der Waals surface area contributed by atoms with E-state index in [1.54, 1.807) is 12.4 Å². The maximum Gasteiger partial charge on any atom is 0.329 e. The van der Waals surface area contributed by atoms with E-state index in [4.69, 9.17) is 4.42 Å². The van der Waals surface area contributed by atoms with E-state index in [0.29, 0.717) is 13.1 Å². The lowest BCUT2D eigenvalue weighted by Crippen LogP contribution is -2.40. The minimum absolute atomic E-state index is 0.0199. The van der Waals surface area contributed by atoms with Crippen molar-refractivity contribution in [3.05, 3.63) is 48.9 Å². The molecule has 112 valence electrons. The molecule has 0 N–H and O–H groups in total. The molecule has 0 atom stereocenters. The molecule has 3 heterocycles. The van der Waals surface area contributed by atoms with Crippen LogP contribution in [-0.4, -0.2) is 38.6 Å². The monoisotopic (exact) mass is 296 g/mol. The van der Waals surface area contributed by atoms with Crippen molar-refractivity contribution in [2.45, 2.75) is 18.8 Å². The first-order valence-electron chi connectivity index (χ1n) is 7.44. The zero-order chi connectivity index (χ0) is 14.9. The number of amides is 1. The predicted octanol–water partition coefficient (Wildman–Crippen LogP) is 2.87. The normalized spacial score (nSPS) is 16.3. The van der Waals surface area contributed by atoms with Crippen molar-refractivity contribution in [2.24, 2.45) is 0 Å². The molecule has 1 aliphatic heterocycles. The number of aromatic nitrogens is 3. The Balaban J connectivity index is 1.46. The van der Waals surface area contributed by atoms with Crippen molar-refractivity contribution < 1.29 is 9.21 Å². The van der Waals surface area contributed by atoms with Gasteiger partial charge < -0.3 is 9.32 Å². The summed E-state index contributed by atoms with van der Waals surface area (Å²) in [4.78, 5) is 22.6. The molecule has 22 heavy (non-hydrogen) atoms. The van der Waals surface area contributed by atoms with Gasteiger partial charge in [0.05, 0.1) is 0 Å². The Kier molecular flexibility index (Phi) is 3.14. The summed E-state index contributed by atoms with van der Waals surface area (Å²) in [6.07, 6.45) is 6.56. The quantitative estimate of drug-likeness (QED) is 0.692. The maximum absolute atomic E-state index is 12.3. The number of piperidine rings is 1. The standard InChI is InChI=1S/C16H16N4O2/c21-16(20-10-7-17-11-20)19-8-5-12(6-9-19)15-18-13-3-1-2-4-14(13)22-15/h1-4,7,10-12H,5-6,8-9H2. The fourth-order valence-corrected chi connectivity index (χ4v) is 2.92. The number of hydrogen-bond acceptors (Lipinski definition) is 4. The van der Waals surface area contributed by atoms with Crippen LogP contribution >= 0.6 is 0 Å². The van der Waals surface area contributed by atoms with E-state index in [1.807, 2.05) is 29.2 Å². The second-order valence-electron chi connectivity index (χ2n) is 5.53. The fraction of sp³-hybridized carbons (Fsp3) is 0.312. The number of carbonyl (C=O) groups is 1. The summed E-state index contributed by atoms with van der Waals surface area (Å²) in [5.74, 6) is 1.06. The summed E-state index contributed by atoms with van der Waals surface area (Å²) in [6, 6.07) is 7.78. The van der Waals surface area contributed by atoms with Crippen molar-refractivity contribution in [1.82, 2.24) is 19.4 Å². The van der Waals surface area contributed by atoms with Crippen LogP contribution < -0.4 is 0 Å². The van der Waals surface area contributed by atoms with Crippen molar-refractivity contribution in [3.63, 3.8) is 0 Å².